The molecule has 1 heterocycles. The first kappa shape index (κ1) is 13.2. The standard InChI is InChI=1S/C11H10BrFN2O2S/c1-18(16,17)8-6-14-15(7-8)11-4-2-3-10(13)9(11)5-12/h2-4,6-7H,5H2,1H3. The Hall–Kier alpha value is -1.21. The van der Waals surface area contributed by atoms with Gasteiger partial charge in [0, 0.05) is 23.3 Å². The Morgan fingerprint density at radius 2 is 2.17 bits per heavy atom. The number of aromatic nitrogens is 2. The smallest absolute Gasteiger partial charge is 0.178 e. The van der Waals surface area contributed by atoms with E-state index in [1.165, 1.54) is 23.1 Å². The molecule has 0 amide bonds. The minimum atomic E-state index is -3.31. The van der Waals surface area contributed by atoms with Crippen LogP contribution < -0.4 is 0 Å². The summed E-state index contributed by atoms with van der Waals surface area (Å²) in [6, 6.07) is 4.58. The van der Waals surface area contributed by atoms with Crippen LogP contribution in [0.2, 0.25) is 0 Å². The Morgan fingerprint density at radius 3 is 2.72 bits per heavy atom. The van der Waals surface area contributed by atoms with Crippen LogP contribution in [0.3, 0.4) is 0 Å². The molecule has 0 saturated heterocycles. The van der Waals surface area contributed by atoms with Gasteiger partial charge in [-0.05, 0) is 12.1 Å². The molecule has 18 heavy (non-hydrogen) atoms. The van der Waals surface area contributed by atoms with Crippen LogP contribution in [0.4, 0.5) is 4.39 Å². The molecular formula is C11H10BrFN2O2S. The molecule has 2 rings (SSSR count). The summed E-state index contributed by atoms with van der Waals surface area (Å²) in [5, 5.41) is 4.28. The molecule has 0 bridgehead atoms. The molecule has 0 radical (unpaired) electrons. The zero-order valence-electron chi connectivity index (χ0n) is 9.47. The van der Waals surface area contributed by atoms with Gasteiger partial charge in [-0.25, -0.2) is 17.5 Å². The summed E-state index contributed by atoms with van der Waals surface area (Å²) in [5.41, 5.74) is 0.947. The van der Waals surface area contributed by atoms with E-state index in [9.17, 15) is 12.8 Å². The fraction of sp³-hybridized carbons (Fsp3) is 0.182. The molecule has 0 fully saturated rings. The van der Waals surface area contributed by atoms with Gasteiger partial charge in [0.15, 0.2) is 9.84 Å². The first-order chi connectivity index (χ1) is 8.43. The maximum atomic E-state index is 13.6. The topological polar surface area (TPSA) is 52.0 Å². The number of sulfone groups is 1. The van der Waals surface area contributed by atoms with Crippen LogP contribution >= 0.6 is 15.9 Å². The van der Waals surface area contributed by atoms with Crippen molar-refractivity contribution in [3.8, 4) is 5.69 Å². The summed E-state index contributed by atoms with van der Waals surface area (Å²) < 4.78 is 37.7. The molecule has 4 nitrogen and oxygen atoms in total. The monoisotopic (exact) mass is 332 g/mol. The Morgan fingerprint density at radius 1 is 1.44 bits per heavy atom. The van der Waals surface area contributed by atoms with Gasteiger partial charge in [0.1, 0.15) is 10.7 Å². The number of alkyl halides is 1. The molecule has 2 aromatic rings. The Bertz CT molecular complexity index is 682. The Balaban J connectivity index is 2.57. The highest BCUT2D eigenvalue weighted by Gasteiger charge is 2.14. The van der Waals surface area contributed by atoms with Crippen LogP contribution in [-0.2, 0) is 15.2 Å². The number of hydrogen-bond acceptors (Lipinski definition) is 3. The van der Waals surface area contributed by atoms with Crippen molar-refractivity contribution in [1.29, 1.82) is 0 Å². The molecule has 0 spiro atoms. The van der Waals surface area contributed by atoms with Crippen molar-refractivity contribution < 1.29 is 12.8 Å². The Kier molecular flexibility index (Phi) is 3.54. The third-order valence-corrected chi connectivity index (χ3v) is 4.09. The second-order valence-electron chi connectivity index (χ2n) is 3.76. The first-order valence-corrected chi connectivity index (χ1v) is 8.03. The van der Waals surface area contributed by atoms with Gasteiger partial charge in [-0.15, -0.1) is 0 Å². The highest BCUT2D eigenvalue weighted by atomic mass is 79.9. The van der Waals surface area contributed by atoms with Crippen LogP contribution in [0.15, 0.2) is 35.5 Å². The van der Waals surface area contributed by atoms with Crippen molar-refractivity contribution in [3.63, 3.8) is 0 Å². The van der Waals surface area contributed by atoms with Crippen LogP contribution in [0.1, 0.15) is 5.56 Å². The number of hydrogen-bond donors (Lipinski definition) is 0. The zero-order valence-corrected chi connectivity index (χ0v) is 11.9. The summed E-state index contributed by atoms with van der Waals surface area (Å²) >= 11 is 3.20. The molecule has 7 heteroatoms. The lowest BCUT2D eigenvalue weighted by molar-refractivity contribution is 0.602. The summed E-state index contributed by atoms with van der Waals surface area (Å²) in [5.74, 6) is -0.360. The third-order valence-electron chi connectivity index (χ3n) is 2.46. The molecule has 1 aromatic heterocycles. The van der Waals surface area contributed by atoms with Crippen molar-refractivity contribution >= 4 is 25.8 Å². The van der Waals surface area contributed by atoms with Crippen molar-refractivity contribution in [3.05, 3.63) is 42.0 Å². The van der Waals surface area contributed by atoms with E-state index in [0.717, 1.165) is 6.26 Å². The van der Waals surface area contributed by atoms with Gasteiger partial charge in [0.2, 0.25) is 0 Å². The van der Waals surface area contributed by atoms with Gasteiger partial charge in [0.25, 0.3) is 0 Å². The third kappa shape index (κ3) is 2.46. The van der Waals surface area contributed by atoms with Crippen molar-refractivity contribution in [2.45, 2.75) is 10.2 Å². The lowest BCUT2D eigenvalue weighted by Crippen LogP contribution is -2.01. The quantitative estimate of drug-likeness (QED) is 0.810. The number of nitrogens with zero attached hydrogens (tertiary/aromatic N) is 2. The van der Waals surface area contributed by atoms with Crippen LogP contribution in [0.25, 0.3) is 5.69 Å². The van der Waals surface area contributed by atoms with E-state index < -0.39 is 9.84 Å². The average Bonchev–Trinajstić information content (AvgIpc) is 2.77. The van der Waals surface area contributed by atoms with E-state index in [1.807, 2.05) is 0 Å². The van der Waals surface area contributed by atoms with E-state index in [2.05, 4.69) is 21.0 Å². The lowest BCUT2D eigenvalue weighted by atomic mass is 10.2. The van der Waals surface area contributed by atoms with Crippen molar-refractivity contribution in [2.75, 3.05) is 6.26 Å². The van der Waals surface area contributed by atoms with Crippen molar-refractivity contribution in [1.82, 2.24) is 9.78 Å². The highest BCUT2D eigenvalue weighted by molar-refractivity contribution is 9.08. The first-order valence-electron chi connectivity index (χ1n) is 5.02. The normalized spacial score (nSPS) is 11.7. The average molecular weight is 333 g/mol. The van der Waals surface area contributed by atoms with Crippen LogP contribution in [-0.4, -0.2) is 24.5 Å². The van der Waals surface area contributed by atoms with Gasteiger partial charge in [-0.1, -0.05) is 22.0 Å². The van der Waals surface area contributed by atoms with E-state index in [1.54, 1.807) is 12.1 Å². The SMILES string of the molecule is CS(=O)(=O)c1cnn(-c2cccc(F)c2CBr)c1. The summed E-state index contributed by atoms with van der Waals surface area (Å²) in [6.07, 6.45) is 3.72. The summed E-state index contributed by atoms with van der Waals surface area (Å²) in [7, 11) is -3.31. The van der Waals surface area contributed by atoms with Gasteiger partial charge < -0.3 is 0 Å². The largest absolute Gasteiger partial charge is 0.239 e. The fourth-order valence-electron chi connectivity index (χ4n) is 1.52. The molecule has 0 aliphatic carbocycles. The van der Waals surface area contributed by atoms with E-state index >= 15 is 0 Å². The van der Waals surface area contributed by atoms with Gasteiger partial charge >= 0.3 is 0 Å². The van der Waals surface area contributed by atoms with Gasteiger partial charge in [-0.2, -0.15) is 5.10 Å². The highest BCUT2D eigenvalue weighted by Crippen LogP contribution is 2.21. The predicted molar refractivity (Wildman–Crippen MR) is 69.3 cm³/mol. The maximum absolute atomic E-state index is 13.6. The molecule has 0 atom stereocenters. The molecule has 1 aromatic carbocycles. The predicted octanol–water partition coefficient (Wildman–Crippen LogP) is 2.31. The van der Waals surface area contributed by atoms with Gasteiger partial charge in [0.05, 0.1) is 11.9 Å². The second kappa shape index (κ2) is 4.81. The molecule has 0 saturated carbocycles. The molecule has 0 aliphatic rings. The second-order valence-corrected chi connectivity index (χ2v) is 6.34. The van der Waals surface area contributed by atoms with E-state index in [0.29, 0.717) is 16.6 Å². The molecule has 0 aliphatic heterocycles. The minimum absolute atomic E-state index is 0.104. The zero-order chi connectivity index (χ0) is 13.3. The minimum Gasteiger partial charge on any atom is -0.239 e. The summed E-state index contributed by atoms with van der Waals surface area (Å²) in [6.45, 7) is 0. The van der Waals surface area contributed by atoms with E-state index in [-0.39, 0.29) is 10.7 Å². The Labute approximate surface area is 112 Å². The number of rotatable bonds is 3. The van der Waals surface area contributed by atoms with Crippen LogP contribution in [0.5, 0.6) is 0 Å². The maximum Gasteiger partial charge on any atom is 0.178 e. The van der Waals surface area contributed by atoms with E-state index in [4.69, 9.17) is 0 Å². The van der Waals surface area contributed by atoms with Gasteiger partial charge in [-0.3, -0.25) is 0 Å². The van der Waals surface area contributed by atoms with Crippen molar-refractivity contribution in [2.24, 2.45) is 0 Å². The molecule has 96 valence electrons. The number of halogens is 2. The lowest BCUT2D eigenvalue weighted by Gasteiger charge is -2.07. The number of benzene rings is 1. The molecular weight excluding hydrogens is 323 g/mol. The summed E-state index contributed by atoms with van der Waals surface area (Å²) in [4.78, 5) is 0.104. The fourth-order valence-corrected chi connectivity index (χ4v) is 2.61. The molecule has 0 unspecified atom stereocenters. The van der Waals surface area contributed by atoms with Crippen LogP contribution in [0, 0.1) is 5.82 Å². The molecule has 0 N–H and O–H groups in total.